The van der Waals surface area contributed by atoms with Crippen molar-refractivity contribution in [1.29, 1.82) is 0 Å². The predicted molar refractivity (Wildman–Crippen MR) is 46.3 cm³/mol. The Morgan fingerprint density at radius 3 is 2.09 bits per heavy atom. The molecule has 66 valence electrons. The average molecular weight is 176 g/mol. The van der Waals surface area contributed by atoms with Crippen molar-refractivity contribution in [1.82, 2.24) is 0 Å². The Hall–Kier alpha value is -0.323. The average Bonchev–Trinajstić information content (AvgIpc) is 2.01. The summed E-state index contributed by atoms with van der Waals surface area (Å²) in [6.45, 7) is 7.04. The van der Waals surface area contributed by atoms with Crippen molar-refractivity contribution in [3.05, 3.63) is 12.3 Å². The standard InChI is InChI=1S/C7H16O3Si/c1-4-7-10-11(8-5-2)9-6-3/h4,7,11H,5-6H2,1-3H3. The van der Waals surface area contributed by atoms with Crippen LogP contribution in [-0.2, 0) is 13.3 Å². The van der Waals surface area contributed by atoms with Gasteiger partial charge in [0.05, 0.1) is 6.26 Å². The van der Waals surface area contributed by atoms with Gasteiger partial charge in [0.15, 0.2) is 0 Å². The van der Waals surface area contributed by atoms with Gasteiger partial charge in [0.2, 0.25) is 0 Å². The van der Waals surface area contributed by atoms with E-state index in [2.05, 4.69) is 0 Å². The van der Waals surface area contributed by atoms with Crippen LogP contribution in [0.5, 0.6) is 0 Å². The smallest absolute Gasteiger partial charge is 0.510 e. The van der Waals surface area contributed by atoms with Gasteiger partial charge in [0.1, 0.15) is 0 Å². The van der Waals surface area contributed by atoms with Crippen molar-refractivity contribution in [3.63, 3.8) is 0 Å². The third-order valence-electron chi connectivity index (χ3n) is 0.931. The van der Waals surface area contributed by atoms with Gasteiger partial charge in [-0.25, -0.2) is 0 Å². The van der Waals surface area contributed by atoms with E-state index in [1.54, 1.807) is 6.26 Å². The zero-order valence-electron chi connectivity index (χ0n) is 7.37. The predicted octanol–water partition coefficient (Wildman–Crippen LogP) is 1.33. The van der Waals surface area contributed by atoms with Gasteiger partial charge >= 0.3 is 9.53 Å². The summed E-state index contributed by atoms with van der Waals surface area (Å²) < 4.78 is 15.6. The van der Waals surface area contributed by atoms with Crippen LogP contribution in [0.4, 0.5) is 0 Å². The molecule has 0 aromatic heterocycles. The highest BCUT2D eigenvalue weighted by atomic mass is 28.3. The first-order valence-corrected chi connectivity index (χ1v) is 5.26. The van der Waals surface area contributed by atoms with Gasteiger partial charge in [0, 0.05) is 13.2 Å². The monoisotopic (exact) mass is 176 g/mol. The Balaban J connectivity index is 3.50. The molecule has 3 nitrogen and oxygen atoms in total. The molecule has 0 aliphatic carbocycles. The molecule has 0 amide bonds. The van der Waals surface area contributed by atoms with Crippen molar-refractivity contribution in [2.75, 3.05) is 13.2 Å². The fourth-order valence-corrected chi connectivity index (χ4v) is 1.62. The summed E-state index contributed by atoms with van der Waals surface area (Å²) >= 11 is 0. The molecule has 0 saturated heterocycles. The zero-order valence-corrected chi connectivity index (χ0v) is 8.53. The third-order valence-corrected chi connectivity index (χ3v) is 2.52. The molecular formula is C7H16O3Si. The minimum absolute atomic E-state index is 0.647. The molecule has 0 aliphatic heterocycles. The van der Waals surface area contributed by atoms with E-state index in [-0.39, 0.29) is 0 Å². The SMILES string of the molecule is CC=CO[SiH](OCC)OCC. The van der Waals surface area contributed by atoms with Crippen LogP contribution in [0.1, 0.15) is 20.8 Å². The van der Waals surface area contributed by atoms with E-state index in [0.717, 1.165) is 0 Å². The van der Waals surface area contributed by atoms with E-state index in [1.807, 2.05) is 26.8 Å². The van der Waals surface area contributed by atoms with Crippen molar-refractivity contribution in [2.45, 2.75) is 20.8 Å². The van der Waals surface area contributed by atoms with Crippen LogP contribution in [0.3, 0.4) is 0 Å². The maximum Gasteiger partial charge on any atom is 0.549 e. The van der Waals surface area contributed by atoms with Crippen molar-refractivity contribution in [2.24, 2.45) is 0 Å². The van der Waals surface area contributed by atoms with Gasteiger partial charge in [-0.2, -0.15) is 0 Å². The summed E-state index contributed by atoms with van der Waals surface area (Å²) in [6, 6.07) is 0. The Kier molecular flexibility index (Phi) is 7.55. The Morgan fingerprint density at radius 2 is 1.73 bits per heavy atom. The Morgan fingerprint density at radius 1 is 1.18 bits per heavy atom. The van der Waals surface area contributed by atoms with E-state index in [9.17, 15) is 0 Å². The van der Waals surface area contributed by atoms with Gasteiger partial charge in [-0.3, -0.25) is 0 Å². The lowest BCUT2D eigenvalue weighted by Crippen LogP contribution is -2.24. The number of hydrogen-bond donors (Lipinski definition) is 0. The van der Waals surface area contributed by atoms with Crippen LogP contribution in [0.15, 0.2) is 12.3 Å². The second-order valence-corrected chi connectivity index (χ2v) is 3.32. The van der Waals surface area contributed by atoms with Crippen LogP contribution in [0, 0.1) is 0 Å². The summed E-state index contributed by atoms with van der Waals surface area (Å²) in [4.78, 5) is 0. The lowest BCUT2D eigenvalue weighted by Gasteiger charge is -2.12. The van der Waals surface area contributed by atoms with E-state index >= 15 is 0 Å². The molecule has 0 unspecified atom stereocenters. The summed E-state index contributed by atoms with van der Waals surface area (Å²) in [6.07, 6.45) is 3.43. The van der Waals surface area contributed by atoms with Crippen molar-refractivity contribution in [3.8, 4) is 0 Å². The van der Waals surface area contributed by atoms with Gasteiger partial charge in [-0.05, 0) is 20.8 Å². The molecule has 0 radical (unpaired) electrons. The molecule has 0 saturated carbocycles. The van der Waals surface area contributed by atoms with Gasteiger partial charge in [-0.1, -0.05) is 6.08 Å². The van der Waals surface area contributed by atoms with Crippen LogP contribution in [-0.4, -0.2) is 22.7 Å². The van der Waals surface area contributed by atoms with Gasteiger partial charge < -0.3 is 13.3 Å². The van der Waals surface area contributed by atoms with Gasteiger partial charge in [-0.15, -0.1) is 0 Å². The molecule has 0 heterocycles. The quantitative estimate of drug-likeness (QED) is 0.451. The zero-order chi connectivity index (χ0) is 8.53. The molecule has 0 bridgehead atoms. The summed E-state index contributed by atoms with van der Waals surface area (Å²) in [5.74, 6) is 0. The highest BCUT2D eigenvalue weighted by molar-refractivity contribution is 6.36. The number of allylic oxidation sites excluding steroid dienone is 1. The lowest BCUT2D eigenvalue weighted by atomic mass is 10.8. The van der Waals surface area contributed by atoms with Crippen LogP contribution < -0.4 is 0 Å². The minimum Gasteiger partial charge on any atom is -0.510 e. The van der Waals surface area contributed by atoms with Crippen molar-refractivity contribution >= 4 is 9.53 Å². The Bertz CT molecular complexity index is 99.9. The number of hydrogen-bond acceptors (Lipinski definition) is 3. The summed E-state index contributed by atoms with van der Waals surface area (Å²) in [5.41, 5.74) is 0. The maximum atomic E-state index is 5.23. The molecule has 0 N–H and O–H groups in total. The highest BCUT2D eigenvalue weighted by Gasteiger charge is 2.12. The maximum absolute atomic E-state index is 5.23. The first-order valence-electron chi connectivity index (χ1n) is 3.85. The van der Waals surface area contributed by atoms with E-state index in [0.29, 0.717) is 13.2 Å². The van der Waals surface area contributed by atoms with E-state index in [4.69, 9.17) is 13.3 Å². The number of rotatable bonds is 6. The van der Waals surface area contributed by atoms with E-state index in [1.165, 1.54) is 0 Å². The molecule has 4 heteroatoms. The van der Waals surface area contributed by atoms with Crippen LogP contribution in [0.2, 0.25) is 0 Å². The lowest BCUT2D eigenvalue weighted by molar-refractivity contribution is 0.137. The molecule has 0 spiro atoms. The second-order valence-electron chi connectivity index (χ2n) is 1.80. The second kappa shape index (κ2) is 7.78. The molecule has 0 aromatic rings. The Labute approximate surface area is 69.9 Å². The van der Waals surface area contributed by atoms with Crippen molar-refractivity contribution < 1.29 is 13.3 Å². The molecule has 0 aliphatic rings. The summed E-state index contributed by atoms with van der Waals surface area (Å²) in [5, 5.41) is 0. The molecule has 0 fully saturated rings. The van der Waals surface area contributed by atoms with E-state index < -0.39 is 9.53 Å². The summed E-state index contributed by atoms with van der Waals surface area (Å²) in [7, 11) is -1.84. The molecule has 11 heavy (non-hydrogen) atoms. The molecule has 0 atom stereocenters. The first-order chi connectivity index (χ1) is 5.35. The fourth-order valence-electron chi connectivity index (χ4n) is 0.542. The first kappa shape index (κ1) is 10.7. The van der Waals surface area contributed by atoms with Crippen LogP contribution in [0.25, 0.3) is 0 Å². The largest absolute Gasteiger partial charge is 0.549 e. The fraction of sp³-hybridized carbons (Fsp3) is 0.714. The normalized spacial score (nSPS) is 11.3. The topological polar surface area (TPSA) is 27.7 Å². The molecular weight excluding hydrogens is 160 g/mol. The van der Waals surface area contributed by atoms with Crippen LogP contribution >= 0.6 is 0 Å². The molecule has 0 rings (SSSR count). The molecule has 0 aromatic carbocycles. The van der Waals surface area contributed by atoms with Gasteiger partial charge in [0.25, 0.3) is 0 Å². The highest BCUT2D eigenvalue weighted by Crippen LogP contribution is 1.92. The minimum atomic E-state index is -1.84. The third kappa shape index (κ3) is 6.09.